The van der Waals surface area contributed by atoms with Crippen LogP contribution >= 0.6 is 24.0 Å². The summed E-state index contributed by atoms with van der Waals surface area (Å²) in [5, 5.41) is 8.65. The van der Waals surface area contributed by atoms with Crippen LogP contribution < -0.4 is 5.32 Å². The molecule has 5 heteroatoms. The number of nitrogens with one attached hydrogen (secondary N) is 1. The van der Waals surface area contributed by atoms with Crippen LogP contribution in [0, 0.1) is 0 Å². The van der Waals surface area contributed by atoms with Crippen LogP contribution in [-0.4, -0.2) is 16.8 Å². The van der Waals surface area contributed by atoms with Crippen molar-refractivity contribution < 1.29 is 0 Å². The third-order valence-electron chi connectivity index (χ3n) is 3.78. The molecule has 0 saturated carbocycles. The van der Waals surface area contributed by atoms with Crippen molar-refractivity contribution in [2.75, 3.05) is 7.05 Å². The molecule has 1 aromatic heterocycles. The van der Waals surface area contributed by atoms with Gasteiger partial charge in [-0.05, 0) is 42.8 Å². The van der Waals surface area contributed by atoms with Crippen molar-refractivity contribution in [1.82, 2.24) is 15.1 Å². The third kappa shape index (κ3) is 4.60. The van der Waals surface area contributed by atoms with E-state index in [0.717, 1.165) is 41.5 Å². The van der Waals surface area contributed by atoms with E-state index < -0.39 is 0 Å². The van der Waals surface area contributed by atoms with Crippen molar-refractivity contribution in [2.45, 2.75) is 19.5 Å². The number of hydrogen-bond donors (Lipinski definition) is 1. The molecule has 0 atom stereocenters. The number of hydrogen-bond acceptors (Lipinski definition) is 2. The molecule has 3 aromatic rings. The van der Waals surface area contributed by atoms with Crippen molar-refractivity contribution in [3.63, 3.8) is 0 Å². The first kappa shape index (κ1) is 18.5. The van der Waals surface area contributed by atoms with E-state index in [0.29, 0.717) is 0 Å². The van der Waals surface area contributed by atoms with Crippen LogP contribution in [0.25, 0.3) is 11.3 Å². The fourth-order valence-electron chi connectivity index (χ4n) is 2.64. The SMILES string of the molecule is CNCc1cc(-c2ccc(Cl)cc2)n(CCc2ccccc2)n1.Cl. The first-order valence-electron chi connectivity index (χ1n) is 7.77. The Morgan fingerprint density at radius 2 is 1.75 bits per heavy atom. The number of nitrogens with zero attached hydrogens (tertiary/aromatic N) is 2. The van der Waals surface area contributed by atoms with E-state index in [1.807, 2.05) is 37.4 Å². The summed E-state index contributed by atoms with van der Waals surface area (Å²) in [4.78, 5) is 0. The van der Waals surface area contributed by atoms with Crippen molar-refractivity contribution in [1.29, 1.82) is 0 Å². The van der Waals surface area contributed by atoms with Gasteiger partial charge < -0.3 is 5.32 Å². The maximum Gasteiger partial charge on any atom is 0.0768 e. The van der Waals surface area contributed by atoms with E-state index in [1.54, 1.807) is 0 Å². The molecule has 1 N–H and O–H groups in total. The Bertz CT molecular complexity index is 752. The van der Waals surface area contributed by atoms with Gasteiger partial charge in [-0.2, -0.15) is 5.10 Å². The molecule has 0 unspecified atom stereocenters. The van der Waals surface area contributed by atoms with Crippen LogP contribution in [0.15, 0.2) is 60.7 Å². The van der Waals surface area contributed by atoms with Gasteiger partial charge in [-0.15, -0.1) is 12.4 Å². The van der Waals surface area contributed by atoms with E-state index >= 15 is 0 Å². The maximum atomic E-state index is 6.00. The zero-order valence-electron chi connectivity index (χ0n) is 13.6. The molecular weight excluding hydrogens is 341 g/mol. The molecule has 0 spiro atoms. The second-order valence-corrected chi connectivity index (χ2v) is 5.95. The minimum Gasteiger partial charge on any atom is -0.314 e. The summed E-state index contributed by atoms with van der Waals surface area (Å²) in [6.07, 6.45) is 0.960. The summed E-state index contributed by atoms with van der Waals surface area (Å²) in [6, 6.07) is 20.6. The Labute approximate surface area is 154 Å². The standard InChI is InChI=1S/C19H20ClN3.ClH/c1-21-14-18-13-19(16-7-9-17(20)10-8-16)23(22-18)12-11-15-5-3-2-4-6-15;/h2-10,13,21H,11-12,14H2,1H3;1H. The van der Waals surface area contributed by atoms with Gasteiger partial charge in [0.15, 0.2) is 0 Å². The van der Waals surface area contributed by atoms with Crippen molar-refractivity contribution in [3.8, 4) is 11.3 Å². The fourth-order valence-corrected chi connectivity index (χ4v) is 2.77. The lowest BCUT2D eigenvalue weighted by atomic mass is 10.1. The van der Waals surface area contributed by atoms with Crippen LogP contribution in [-0.2, 0) is 19.5 Å². The Kier molecular flexibility index (Phi) is 6.85. The Hall–Kier alpha value is -1.81. The summed E-state index contributed by atoms with van der Waals surface area (Å²) in [5.41, 5.74) is 4.63. The molecule has 2 aromatic carbocycles. The van der Waals surface area contributed by atoms with E-state index in [2.05, 4.69) is 40.3 Å². The van der Waals surface area contributed by atoms with Gasteiger partial charge in [-0.3, -0.25) is 4.68 Å². The van der Waals surface area contributed by atoms with Crippen LogP contribution in [0.4, 0.5) is 0 Å². The summed E-state index contributed by atoms with van der Waals surface area (Å²) in [7, 11) is 1.94. The molecule has 0 aliphatic carbocycles. The molecule has 24 heavy (non-hydrogen) atoms. The van der Waals surface area contributed by atoms with Gasteiger partial charge in [0, 0.05) is 18.1 Å². The molecule has 0 bridgehead atoms. The summed E-state index contributed by atoms with van der Waals surface area (Å²) in [5.74, 6) is 0. The highest BCUT2D eigenvalue weighted by molar-refractivity contribution is 6.30. The second kappa shape index (κ2) is 8.88. The van der Waals surface area contributed by atoms with Crippen LogP contribution in [0.5, 0.6) is 0 Å². The predicted molar refractivity (Wildman–Crippen MR) is 103 cm³/mol. The molecule has 0 aliphatic rings. The van der Waals surface area contributed by atoms with Gasteiger partial charge in [0.25, 0.3) is 0 Å². The molecular formula is C19H21Cl2N3. The maximum absolute atomic E-state index is 6.00. The van der Waals surface area contributed by atoms with Crippen molar-refractivity contribution >= 4 is 24.0 Å². The summed E-state index contributed by atoms with van der Waals surface area (Å²) >= 11 is 6.00. The first-order chi connectivity index (χ1) is 11.3. The zero-order valence-corrected chi connectivity index (χ0v) is 15.1. The van der Waals surface area contributed by atoms with E-state index in [1.165, 1.54) is 5.56 Å². The molecule has 0 fully saturated rings. The van der Waals surface area contributed by atoms with Crippen molar-refractivity contribution in [3.05, 3.63) is 76.9 Å². The van der Waals surface area contributed by atoms with Crippen LogP contribution in [0.1, 0.15) is 11.3 Å². The molecule has 3 nitrogen and oxygen atoms in total. The van der Waals surface area contributed by atoms with E-state index in [4.69, 9.17) is 16.7 Å². The first-order valence-corrected chi connectivity index (χ1v) is 8.15. The number of rotatable bonds is 6. The zero-order chi connectivity index (χ0) is 16.1. The van der Waals surface area contributed by atoms with Crippen molar-refractivity contribution in [2.24, 2.45) is 0 Å². The van der Waals surface area contributed by atoms with Gasteiger partial charge >= 0.3 is 0 Å². The Morgan fingerprint density at radius 3 is 2.42 bits per heavy atom. The molecule has 0 aliphatic heterocycles. The highest BCUT2D eigenvalue weighted by Crippen LogP contribution is 2.23. The van der Waals surface area contributed by atoms with E-state index in [-0.39, 0.29) is 12.4 Å². The average molecular weight is 362 g/mol. The largest absolute Gasteiger partial charge is 0.314 e. The monoisotopic (exact) mass is 361 g/mol. The third-order valence-corrected chi connectivity index (χ3v) is 4.04. The molecule has 1 heterocycles. The fraction of sp³-hybridized carbons (Fsp3) is 0.211. The number of aryl methyl sites for hydroxylation is 2. The minimum atomic E-state index is 0. The number of aromatic nitrogens is 2. The molecule has 0 amide bonds. The lowest BCUT2D eigenvalue weighted by Gasteiger charge is -2.08. The second-order valence-electron chi connectivity index (χ2n) is 5.52. The number of halogens is 2. The smallest absolute Gasteiger partial charge is 0.0768 e. The van der Waals surface area contributed by atoms with Gasteiger partial charge in [0.05, 0.1) is 11.4 Å². The molecule has 0 radical (unpaired) electrons. The van der Waals surface area contributed by atoms with Gasteiger partial charge in [-0.25, -0.2) is 0 Å². The highest BCUT2D eigenvalue weighted by atomic mass is 35.5. The normalized spacial score (nSPS) is 10.4. The summed E-state index contributed by atoms with van der Waals surface area (Å²) in [6.45, 7) is 1.62. The van der Waals surface area contributed by atoms with Crippen LogP contribution in [0.3, 0.4) is 0 Å². The van der Waals surface area contributed by atoms with Gasteiger partial charge in [0.1, 0.15) is 0 Å². The van der Waals surface area contributed by atoms with Crippen LogP contribution in [0.2, 0.25) is 5.02 Å². The lowest BCUT2D eigenvalue weighted by Crippen LogP contribution is -2.08. The summed E-state index contributed by atoms with van der Waals surface area (Å²) < 4.78 is 2.09. The average Bonchev–Trinajstić information content (AvgIpc) is 2.98. The van der Waals surface area contributed by atoms with E-state index in [9.17, 15) is 0 Å². The quantitative estimate of drug-likeness (QED) is 0.695. The molecule has 126 valence electrons. The van der Waals surface area contributed by atoms with Gasteiger partial charge in [-0.1, -0.05) is 54.1 Å². The number of benzene rings is 2. The minimum absolute atomic E-state index is 0. The molecule has 0 saturated heterocycles. The topological polar surface area (TPSA) is 29.9 Å². The molecule has 3 rings (SSSR count). The Morgan fingerprint density at radius 1 is 1.04 bits per heavy atom. The predicted octanol–water partition coefficient (Wildman–Crippen LogP) is 4.59. The van der Waals surface area contributed by atoms with Gasteiger partial charge in [0.2, 0.25) is 0 Å². The lowest BCUT2D eigenvalue weighted by molar-refractivity contribution is 0.605. The Balaban J connectivity index is 0.00000208. The highest BCUT2D eigenvalue weighted by Gasteiger charge is 2.10.